The number of amides is 2. The monoisotopic (exact) mass is 372 g/mol. The highest BCUT2D eigenvalue weighted by Crippen LogP contribution is 2.27. The van der Waals surface area contributed by atoms with Crippen molar-refractivity contribution in [2.75, 3.05) is 27.3 Å². The zero-order valence-electron chi connectivity index (χ0n) is 15.6. The molecule has 1 N–H and O–H groups in total. The van der Waals surface area contributed by atoms with Gasteiger partial charge in [-0.25, -0.2) is 9.78 Å². The molecule has 2 aromatic rings. The molecule has 3 rings (SSSR count). The summed E-state index contributed by atoms with van der Waals surface area (Å²) in [5, 5.41) is 2.95. The minimum absolute atomic E-state index is 0.0812. The Balaban J connectivity index is 1.53. The maximum absolute atomic E-state index is 12.5. The van der Waals surface area contributed by atoms with Crippen molar-refractivity contribution >= 4 is 6.03 Å². The molecule has 0 spiro atoms. The van der Waals surface area contributed by atoms with E-state index in [1.54, 1.807) is 37.7 Å². The highest BCUT2D eigenvalue weighted by Gasteiger charge is 2.25. The molecule has 1 atom stereocenters. The highest BCUT2D eigenvalue weighted by atomic mass is 16.5. The van der Waals surface area contributed by atoms with Crippen molar-refractivity contribution in [1.82, 2.24) is 20.2 Å². The second-order valence-electron chi connectivity index (χ2n) is 6.22. The standard InChI is InChI=1S/C19H24N4O4/c1-25-16-6-5-14(10-17(16)26-2)11-22-19(24)23-9-3-4-15(13-23)27-18-12-20-7-8-21-18/h5-8,10,12,15H,3-4,9,11,13H2,1-2H3,(H,22,24). The number of piperidine rings is 1. The third-order valence-corrected chi connectivity index (χ3v) is 4.38. The van der Waals surface area contributed by atoms with Gasteiger partial charge in [0, 0.05) is 25.5 Å². The second kappa shape index (κ2) is 9.07. The van der Waals surface area contributed by atoms with Crippen LogP contribution in [-0.2, 0) is 6.54 Å². The second-order valence-corrected chi connectivity index (χ2v) is 6.22. The molecule has 0 radical (unpaired) electrons. The first-order valence-corrected chi connectivity index (χ1v) is 8.86. The lowest BCUT2D eigenvalue weighted by Gasteiger charge is -2.32. The first-order valence-electron chi connectivity index (χ1n) is 8.86. The Morgan fingerprint density at radius 3 is 2.85 bits per heavy atom. The van der Waals surface area contributed by atoms with Crippen molar-refractivity contribution in [3.05, 3.63) is 42.4 Å². The molecule has 1 aliphatic heterocycles. The molecule has 1 aromatic heterocycles. The first-order chi connectivity index (χ1) is 13.2. The fourth-order valence-corrected chi connectivity index (χ4v) is 3.02. The fraction of sp³-hybridized carbons (Fsp3) is 0.421. The van der Waals surface area contributed by atoms with Gasteiger partial charge in [0.2, 0.25) is 5.88 Å². The van der Waals surface area contributed by atoms with Crippen LogP contribution in [0.3, 0.4) is 0 Å². The normalized spacial score (nSPS) is 16.5. The van der Waals surface area contributed by atoms with Crippen LogP contribution in [0.2, 0.25) is 0 Å². The molecule has 0 bridgehead atoms. The van der Waals surface area contributed by atoms with E-state index in [1.807, 2.05) is 18.2 Å². The lowest BCUT2D eigenvalue weighted by Crippen LogP contribution is -2.48. The summed E-state index contributed by atoms with van der Waals surface area (Å²) in [7, 11) is 3.18. The van der Waals surface area contributed by atoms with Crippen LogP contribution in [0.4, 0.5) is 4.79 Å². The molecule has 1 aliphatic rings. The Morgan fingerprint density at radius 1 is 1.26 bits per heavy atom. The van der Waals surface area contributed by atoms with E-state index in [1.165, 1.54) is 0 Å². The number of aromatic nitrogens is 2. The van der Waals surface area contributed by atoms with E-state index in [2.05, 4.69) is 15.3 Å². The van der Waals surface area contributed by atoms with Crippen molar-refractivity contribution in [2.45, 2.75) is 25.5 Å². The number of carbonyl (C=O) groups excluding carboxylic acids is 1. The van der Waals surface area contributed by atoms with E-state index in [0.717, 1.165) is 18.4 Å². The number of hydrogen-bond donors (Lipinski definition) is 1. The van der Waals surface area contributed by atoms with Crippen molar-refractivity contribution in [1.29, 1.82) is 0 Å². The highest BCUT2D eigenvalue weighted by molar-refractivity contribution is 5.74. The Hall–Kier alpha value is -3.03. The van der Waals surface area contributed by atoms with Gasteiger partial charge in [0.1, 0.15) is 6.10 Å². The summed E-state index contributed by atoms with van der Waals surface area (Å²) in [5.41, 5.74) is 0.936. The SMILES string of the molecule is COc1ccc(CNC(=O)N2CCCC(Oc3cnccn3)C2)cc1OC. The number of nitrogens with one attached hydrogen (secondary N) is 1. The molecule has 2 amide bonds. The van der Waals surface area contributed by atoms with Crippen LogP contribution in [0.5, 0.6) is 17.4 Å². The number of rotatable bonds is 6. The van der Waals surface area contributed by atoms with Gasteiger partial charge < -0.3 is 24.4 Å². The van der Waals surface area contributed by atoms with Crippen LogP contribution < -0.4 is 19.5 Å². The van der Waals surface area contributed by atoms with Crippen LogP contribution in [0.25, 0.3) is 0 Å². The first kappa shape index (κ1) is 18.8. The third kappa shape index (κ3) is 4.99. The molecular weight excluding hydrogens is 348 g/mol. The van der Waals surface area contributed by atoms with Gasteiger partial charge in [0.05, 0.1) is 27.0 Å². The molecule has 0 saturated carbocycles. The van der Waals surface area contributed by atoms with Gasteiger partial charge in [-0.2, -0.15) is 0 Å². The van der Waals surface area contributed by atoms with Crippen molar-refractivity contribution in [3.63, 3.8) is 0 Å². The fourth-order valence-electron chi connectivity index (χ4n) is 3.02. The van der Waals surface area contributed by atoms with E-state index in [9.17, 15) is 4.79 Å². The van der Waals surface area contributed by atoms with Crippen LogP contribution in [-0.4, -0.2) is 54.3 Å². The van der Waals surface area contributed by atoms with Gasteiger partial charge in [-0.1, -0.05) is 6.07 Å². The van der Waals surface area contributed by atoms with Crippen molar-refractivity contribution in [3.8, 4) is 17.4 Å². The van der Waals surface area contributed by atoms with Crippen molar-refractivity contribution < 1.29 is 19.0 Å². The average Bonchev–Trinajstić information content (AvgIpc) is 2.72. The van der Waals surface area contributed by atoms with Gasteiger partial charge in [0.25, 0.3) is 0 Å². The molecule has 2 heterocycles. The number of hydrogen-bond acceptors (Lipinski definition) is 6. The van der Waals surface area contributed by atoms with E-state index in [0.29, 0.717) is 37.0 Å². The predicted octanol–water partition coefficient (Wildman–Crippen LogP) is 2.25. The zero-order valence-corrected chi connectivity index (χ0v) is 15.6. The van der Waals surface area contributed by atoms with Gasteiger partial charge >= 0.3 is 6.03 Å². The number of ether oxygens (including phenoxy) is 3. The molecule has 1 aromatic carbocycles. The van der Waals surface area contributed by atoms with Crippen molar-refractivity contribution in [2.24, 2.45) is 0 Å². The maximum atomic E-state index is 12.5. The summed E-state index contributed by atoms with van der Waals surface area (Å²) in [5.74, 6) is 1.78. The van der Waals surface area contributed by atoms with Gasteiger partial charge in [-0.3, -0.25) is 4.98 Å². The molecule has 8 heteroatoms. The summed E-state index contributed by atoms with van der Waals surface area (Å²) < 4.78 is 16.4. The molecule has 1 fully saturated rings. The quantitative estimate of drug-likeness (QED) is 0.837. The minimum atomic E-state index is -0.114. The summed E-state index contributed by atoms with van der Waals surface area (Å²) in [6.07, 6.45) is 6.45. The third-order valence-electron chi connectivity index (χ3n) is 4.38. The van der Waals surface area contributed by atoms with E-state index in [-0.39, 0.29) is 12.1 Å². The van der Waals surface area contributed by atoms with E-state index in [4.69, 9.17) is 14.2 Å². The number of urea groups is 1. The van der Waals surface area contributed by atoms with E-state index >= 15 is 0 Å². The number of nitrogens with zero attached hydrogens (tertiary/aromatic N) is 3. The maximum Gasteiger partial charge on any atom is 0.317 e. The minimum Gasteiger partial charge on any atom is -0.493 e. The molecule has 1 saturated heterocycles. The van der Waals surface area contributed by atoms with Crippen LogP contribution in [0, 0.1) is 0 Å². The molecular formula is C19H24N4O4. The van der Waals surface area contributed by atoms with Crippen LogP contribution in [0.1, 0.15) is 18.4 Å². The molecule has 8 nitrogen and oxygen atoms in total. The largest absolute Gasteiger partial charge is 0.493 e. The summed E-state index contributed by atoms with van der Waals surface area (Å²) in [4.78, 5) is 22.4. The van der Waals surface area contributed by atoms with Crippen LogP contribution >= 0.6 is 0 Å². The lowest BCUT2D eigenvalue weighted by molar-refractivity contribution is 0.0974. The number of carbonyl (C=O) groups is 1. The Kier molecular flexibility index (Phi) is 6.30. The summed E-state index contributed by atoms with van der Waals surface area (Å²) >= 11 is 0. The Bertz CT molecular complexity index is 757. The molecule has 27 heavy (non-hydrogen) atoms. The Labute approximate surface area is 158 Å². The summed E-state index contributed by atoms with van der Waals surface area (Å²) in [6, 6.07) is 5.47. The average molecular weight is 372 g/mol. The lowest BCUT2D eigenvalue weighted by atomic mass is 10.1. The number of methoxy groups -OCH3 is 2. The topological polar surface area (TPSA) is 85.8 Å². The molecule has 0 aliphatic carbocycles. The van der Waals surface area contributed by atoms with E-state index < -0.39 is 0 Å². The zero-order chi connectivity index (χ0) is 19.1. The molecule has 144 valence electrons. The predicted molar refractivity (Wildman–Crippen MR) is 99.0 cm³/mol. The molecule has 1 unspecified atom stereocenters. The smallest absolute Gasteiger partial charge is 0.317 e. The van der Waals surface area contributed by atoms with Gasteiger partial charge in [0.15, 0.2) is 11.5 Å². The number of benzene rings is 1. The Morgan fingerprint density at radius 2 is 2.11 bits per heavy atom. The van der Waals surface area contributed by atoms with Crippen LogP contribution in [0.15, 0.2) is 36.8 Å². The number of likely N-dealkylation sites (tertiary alicyclic amines) is 1. The van der Waals surface area contributed by atoms with Gasteiger partial charge in [-0.15, -0.1) is 0 Å². The summed E-state index contributed by atoms with van der Waals surface area (Å²) in [6.45, 7) is 1.64. The van der Waals surface area contributed by atoms with Gasteiger partial charge in [-0.05, 0) is 30.5 Å².